The van der Waals surface area contributed by atoms with Crippen LogP contribution in [0.15, 0.2) is 29.2 Å². The highest BCUT2D eigenvalue weighted by molar-refractivity contribution is 7.89. The van der Waals surface area contributed by atoms with E-state index in [1.165, 1.54) is 0 Å². The lowest BCUT2D eigenvalue weighted by Crippen LogP contribution is -2.39. The Morgan fingerprint density at radius 2 is 1.92 bits per heavy atom. The number of nitrogens with one attached hydrogen (secondary N) is 1. The van der Waals surface area contributed by atoms with Gasteiger partial charge in [-0.15, -0.1) is 12.4 Å². The topological polar surface area (TPSA) is 92.5 Å². The van der Waals surface area contributed by atoms with Crippen LogP contribution >= 0.6 is 12.4 Å². The lowest BCUT2D eigenvalue weighted by atomic mass is 10.1. The Balaban J connectivity index is 0.00000288. The first-order valence-corrected chi connectivity index (χ1v) is 9.39. The maximum Gasteiger partial charge on any atom is 0.240 e. The number of rotatable bonds is 8. The van der Waals surface area contributed by atoms with Crippen molar-refractivity contribution < 1.29 is 13.2 Å². The number of hydrogen-bond donors (Lipinski definition) is 2. The number of carbonyl (C=O) groups excluding carboxylic acids is 1. The van der Waals surface area contributed by atoms with Gasteiger partial charge in [0.2, 0.25) is 15.9 Å². The molecule has 24 heavy (non-hydrogen) atoms. The number of amides is 1. The summed E-state index contributed by atoms with van der Waals surface area (Å²) in [4.78, 5) is 14.0. The predicted octanol–water partition coefficient (Wildman–Crippen LogP) is 1.29. The molecule has 1 aromatic carbocycles. The third-order valence-electron chi connectivity index (χ3n) is 4.16. The van der Waals surface area contributed by atoms with Crippen molar-refractivity contribution in [3.05, 3.63) is 29.8 Å². The molecule has 8 heteroatoms. The van der Waals surface area contributed by atoms with Crippen molar-refractivity contribution in [2.45, 2.75) is 49.6 Å². The fourth-order valence-electron chi connectivity index (χ4n) is 2.16. The third-order valence-corrected chi connectivity index (χ3v) is 5.69. The molecule has 1 aliphatic carbocycles. The molecule has 0 saturated heterocycles. The summed E-state index contributed by atoms with van der Waals surface area (Å²) in [6.07, 6.45) is 2.78. The molecule has 1 unspecified atom stereocenters. The molecule has 1 fully saturated rings. The number of nitrogens with two attached hydrogens (primary N) is 1. The molecule has 0 aliphatic heterocycles. The first kappa shape index (κ1) is 20.9. The van der Waals surface area contributed by atoms with Crippen LogP contribution in [0.3, 0.4) is 0 Å². The highest BCUT2D eigenvalue weighted by atomic mass is 35.5. The van der Waals surface area contributed by atoms with Crippen molar-refractivity contribution >= 4 is 28.3 Å². The van der Waals surface area contributed by atoms with Crippen LogP contribution in [-0.2, 0) is 21.2 Å². The minimum atomic E-state index is -3.41. The fraction of sp³-hybridized carbons (Fsp3) is 0.562. The average Bonchev–Trinajstić information content (AvgIpc) is 3.34. The van der Waals surface area contributed by atoms with Gasteiger partial charge in [0.25, 0.3) is 0 Å². The summed E-state index contributed by atoms with van der Waals surface area (Å²) in [7, 11) is -1.66. The number of benzene rings is 1. The molecule has 136 valence electrons. The highest BCUT2D eigenvalue weighted by Crippen LogP contribution is 2.22. The van der Waals surface area contributed by atoms with E-state index in [4.69, 9.17) is 5.73 Å². The van der Waals surface area contributed by atoms with Gasteiger partial charge in [0.15, 0.2) is 0 Å². The first-order valence-electron chi connectivity index (χ1n) is 7.90. The van der Waals surface area contributed by atoms with Crippen LogP contribution in [0.1, 0.15) is 31.7 Å². The number of likely N-dealkylation sites (N-methyl/N-ethyl adjacent to an activating group) is 1. The quantitative estimate of drug-likeness (QED) is 0.716. The standard InChI is InChI=1S/C16H25N3O3S.ClH/c1-12(11-17)19(2)16(20)10-5-13-3-8-15(9-4-13)23(21,22)18-14-6-7-14;/h3-4,8-9,12,14,18H,5-7,10-11,17H2,1-2H3;1H. The van der Waals surface area contributed by atoms with Crippen LogP contribution < -0.4 is 10.5 Å². The zero-order valence-corrected chi connectivity index (χ0v) is 15.7. The molecule has 1 amide bonds. The molecule has 0 aromatic heterocycles. The van der Waals surface area contributed by atoms with Gasteiger partial charge in [-0.3, -0.25) is 4.79 Å². The van der Waals surface area contributed by atoms with Gasteiger partial charge in [-0.05, 0) is 43.9 Å². The monoisotopic (exact) mass is 375 g/mol. The average molecular weight is 376 g/mol. The Labute approximate surface area is 150 Å². The van der Waals surface area contributed by atoms with Crippen molar-refractivity contribution in [3.8, 4) is 0 Å². The Kier molecular flexibility index (Phi) is 7.66. The van der Waals surface area contributed by atoms with Crippen molar-refractivity contribution in [1.29, 1.82) is 0 Å². The number of carbonyl (C=O) groups is 1. The molecule has 3 N–H and O–H groups in total. The van der Waals surface area contributed by atoms with E-state index in [1.807, 2.05) is 6.92 Å². The summed E-state index contributed by atoms with van der Waals surface area (Å²) in [6.45, 7) is 2.34. The van der Waals surface area contributed by atoms with E-state index in [1.54, 1.807) is 36.2 Å². The lowest BCUT2D eigenvalue weighted by Gasteiger charge is -2.23. The van der Waals surface area contributed by atoms with Crippen molar-refractivity contribution in [2.75, 3.05) is 13.6 Å². The maximum absolute atomic E-state index is 12.1. The summed E-state index contributed by atoms with van der Waals surface area (Å²) in [5.41, 5.74) is 6.50. The molecule has 1 aromatic rings. The van der Waals surface area contributed by atoms with Crippen LogP contribution in [0.4, 0.5) is 0 Å². The Bertz CT molecular complexity index is 645. The van der Waals surface area contributed by atoms with E-state index >= 15 is 0 Å². The van der Waals surface area contributed by atoms with E-state index < -0.39 is 10.0 Å². The lowest BCUT2D eigenvalue weighted by molar-refractivity contribution is -0.131. The van der Waals surface area contributed by atoms with Crippen molar-refractivity contribution in [3.63, 3.8) is 0 Å². The summed E-state index contributed by atoms with van der Waals surface area (Å²) in [5.74, 6) is 0.0371. The van der Waals surface area contributed by atoms with E-state index in [-0.39, 0.29) is 35.3 Å². The van der Waals surface area contributed by atoms with Gasteiger partial charge < -0.3 is 10.6 Å². The van der Waals surface area contributed by atoms with E-state index in [0.29, 0.717) is 19.4 Å². The van der Waals surface area contributed by atoms with Crippen molar-refractivity contribution in [2.24, 2.45) is 5.73 Å². The second kappa shape index (κ2) is 8.80. The van der Waals surface area contributed by atoms with Gasteiger partial charge >= 0.3 is 0 Å². The van der Waals surface area contributed by atoms with Crippen molar-refractivity contribution in [1.82, 2.24) is 9.62 Å². The molecule has 0 radical (unpaired) electrons. The summed E-state index contributed by atoms with van der Waals surface area (Å²) < 4.78 is 26.8. The predicted molar refractivity (Wildman–Crippen MR) is 96.6 cm³/mol. The van der Waals surface area contributed by atoms with Crippen LogP contribution in [0.2, 0.25) is 0 Å². The third kappa shape index (κ3) is 5.73. The summed E-state index contributed by atoms with van der Waals surface area (Å²) in [5, 5.41) is 0. The first-order chi connectivity index (χ1) is 10.8. The number of aryl methyl sites for hydroxylation is 1. The second-order valence-corrected chi connectivity index (χ2v) is 7.84. The smallest absolute Gasteiger partial charge is 0.240 e. The van der Waals surface area contributed by atoms with Crippen LogP contribution in [-0.4, -0.2) is 44.9 Å². The Morgan fingerprint density at radius 3 is 2.42 bits per heavy atom. The molecule has 0 bridgehead atoms. The number of nitrogens with zero attached hydrogens (tertiary/aromatic N) is 1. The van der Waals surface area contributed by atoms with Gasteiger partial charge in [0.1, 0.15) is 0 Å². The molecule has 0 spiro atoms. The Hall–Kier alpha value is -1.15. The van der Waals surface area contributed by atoms with Crippen LogP contribution in [0, 0.1) is 0 Å². The van der Waals surface area contributed by atoms with E-state index in [0.717, 1.165) is 18.4 Å². The molecule has 1 aliphatic rings. The summed E-state index contributed by atoms with van der Waals surface area (Å²) in [6, 6.07) is 6.83. The number of hydrogen-bond acceptors (Lipinski definition) is 4. The van der Waals surface area contributed by atoms with Gasteiger partial charge in [-0.2, -0.15) is 0 Å². The van der Waals surface area contributed by atoms with Gasteiger partial charge in [-0.25, -0.2) is 13.1 Å². The largest absolute Gasteiger partial charge is 0.342 e. The molecule has 2 rings (SSSR count). The minimum Gasteiger partial charge on any atom is -0.342 e. The normalized spacial score (nSPS) is 15.5. The molecule has 0 heterocycles. The van der Waals surface area contributed by atoms with E-state index in [2.05, 4.69) is 4.72 Å². The molecular weight excluding hydrogens is 350 g/mol. The number of sulfonamides is 1. The van der Waals surface area contributed by atoms with Gasteiger partial charge in [0.05, 0.1) is 4.90 Å². The maximum atomic E-state index is 12.1. The SMILES string of the molecule is CC(CN)N(C)C(=O)CCc1ccc(S(=O)(=O)NC2CC2)cc1.Cl. The summed E-state index contributed by atoms with van der Waals surface area (Å²) >= 11 is 0. The molecule has 1 atom stereocenters. The van der Waals surface area contributed by atoms with Gasteiger partial charge in [0, 0.05) is 32.1 Å². The van der Waals surface area contributed by atoms with Gasteiger partial charge in [-0.1, -0.05) is 12.1 Å². The highest BCUT2D eigenvalue weighted by Gasteiger charge is 2.27. The van der Waals surface area contributed by atoms with Crippen LogP contribution in [0.25, 0.3) is 0 Å². The number of halogens is 1. The van der Waals surface area contributed by atoms with Crippen LogP contribution in [0.5, 0.6) is 0 Å². The molecule has 6 nitrogen and oxygen atoms in total. The molecule has 1 saturated carbocycles. The minimum absolute atomic E-state index is 0. The molecular formula is C16H26ClN3O3S. The fourth-order valence-corrected chi connectivity index (χ4v) is 3.46. The zero-order chi connectivity index (χ0) is 17.0. The second-order valence-electron chi connectivity index (χ2n) is 6.13. The van der Waals surface area contributed by atoms with E-state index in [9.17, 15) is 13.2 Å². The Morgan fingerprint density at radius 1 is 1.33 bits per heavy atom. The zero-order valence-electron chi connectivity index (χ0n) is 14.1.